The third kappa shape index (κ3) is 8.74. The second kappa shape index (κ2) is 15.7. The second-order valence-corrected chi connectivity index (χ2v) is 15.4. The first-order chi connectivity index (χ1) is 24.3. The van der Waals surface area contributed by atoms with E-state index in [1.165, 1.54) is 50.6 Å². The molecule has 0 saturated heterocycles. The van der Waals surface area contributed by atoms with Crippen molar-refractivity contribution in [2.24, 2.45) is 10.2 Å². The number of nitrogens with zero attached hydrogens (tertiary/aromatic N) is 3. The molecular weight excluding hydrogens is 751 g/mol. The highest BCUT2D eigenvalue weighted by atomic mass is 32.2. The SMILES string of the molecule is COc1cc(Nc2c(S(=O)(=O)O)cc3cc(S(=O)(=O)O)cc(NC(C)=O)c3c2O)c(OC)cc1N=Nc1ccc(S(=O)(=O)N(CCO)CCO)cc1. The molecule has 52 heavy (non-hydrogen) atoms. The minimum absolute atomic E-state index is 0.0198. The smallest absolute Gasteiger partial charge is 0.296 e. The van der Waals surface area contributed by atoms with Gasteiger partial charge in [0.1, 0.15) is 33.5 Å². The molecule has 22 heteroatoms. The number of benzene rings is 4. The molecule has 0 saturated carbocycles. The van der Waals surface area contributed by atoms with Crippen molar-refractivity contribution in [3.05, 3.63) is 54.6 Å². The summed E-state index contributed by atoms with van der Waals surface area (Å²) >= 11 is 0. The molecule has 1 amide bonds. The normalized spacial score (nSPS) is 12.4. The predicted octanol–water partition coefficient (Wildman–Crippen LogP) is 3.15. The Balaban J connectivity index is 1.79. The van der Waals surface area contributed by atoms with Gasteiger partial charge in [-0.3, -0.25) is 13.9 Å². The van der Waals surface area contributed by atoms with E-state index in [2.05, 4.69) is 20.9 Å². The summed E-state index contributed by atoms with van der Waals surface area (Å²) in [6.07, 6.45) is 0. The number of anilines is 3. The van der Waals surface area contributed by atoms with Crippen molar-refractivity contribution in [2.75, 3.05) is 51.2 Å². The number of aliphatic hydroxyl groups excluding tert-OH is 2. The number of methoxy groups -OCH3 is 2. The van der Waals surface area contributed by atoms with Crippen molar-refractivity contribution in [3.63, 3.8) is 0 Å². The molecule has 0 fully saturated rings. The summed E-state index contributed by atoms with van der Waals surface area (Å²) < 4.78 is 106. The summed E-state index contributed by atoms with van der Waals surface area (Å²) in [7, 11) is -11.5. The van der Waals surface area contributed by atoms with Crippen molar-refractivity contribution < 1.29 is 63.9 Å². The molecule has 0 spiro atoms. The van der Waals surface area contributed by atoms with Gasteiger partial charge in [0.25, 0.3) is 20.2 Å². The number of aliphatic hydroxyl groups is 2. The molecule has 4 rings (SSSR count). The molecule has 0 unspecified atom stereocenters. The fourth-order valence-corrected chi connectivity index (χ4v) is 7.59. The molecule has 7 N–H and O–H groups in total. The van der Waals surface area contributed by atoms with Crippen molar-refractivity contribution in [1.29, 1.82) is 0 Å². The number of fused-ring (bicyclic) bond motifs is 1. The van der Waals surface area contributed by atoms with Crippen LogP contribution in [0.25, 0.3) is 10.8 Å². The van der Waals surface area contributed by atoms with Crippen LogP contribution in [0, 0.1) is 0 Å². The Kier molecular flexibility index (Phi) is 12.1. The lowest BCUT2D eigenvalue weighted by Gasteiger charge is -2.20. The molecule has 0 aliphatic heterocycles. The number of carbonyl (C=O) groups is 1. The summed E-state index contributed by atoms with van der Waals surface area (Å²) in [5, 5.41) is 42.5. The van der Waals surface area contributed by atoms with Crippen LogP contribution < -0.4 is 20.1 Å². The third-order valence-corrected chi connectivity index (χ3v) is 10.9. The van der Waals surface area contributed by atoms with E-state index in [1.807, 2.05) is 0 Å². The van der Waals surface area contributed by atoms with Gasteiger partial charge in [-0.05, 0) is 47.9 Å². The van der Waals surface area contributed by atoms with Crippen molar-refractivity contribution in [3.8, 4) is 17.2 Å². The number of nitrogens with one attached hydrogen (secondary N) is 2. The van der Waals surface area contributed by atoms with Crippen LogP contribution in [0.2, 0.25) is 0 Å². The number of azo groups is 1. The van der Waals surface area contributed by atoms with Crippen LogP contribution in [0.4, 0.5) is 28.4 Å². The van der Waals surface area contributed by atoms with E-state index in [0.717, 1.165) is 29.4 Å². The third-order valence-electron chi connectivity index (χ3n) is 7.24. The van der Waals surface area contributed by atoms with E-state index in [0.29, 0.717) is 0 Å². The van der Waals surface area contributed by atoms with Crippen LogP contribution in [0.5, 0.6) is 17.2 Å². The summed E-state index contributed by atoms with van der Waals surface area (Å²) in [5.74, 6) is -1.56. The van der Waals surface area contributed by atoms with E-state index in [4.69, 9.17) is 9.47 Å². The van der Waals surface area contributed by atoms with Gasteiger partial charge in [-0.25, -0.2) is 8.42 Å². The number of ether oxygens (including phenoxy) is 2. The van der Waals surface area contributed by atoms with Crippen molar-refractivity contribution in [2.45, 2.75) is 21.6 Å². The van der Waals surface area contributed by atoms with Crippen LogP contribution in [-0.2, 0) is 35.1 Å². The lowest BCUT2D eigenvalue weighted by atomic mass is 10.1. The molecule has 280 valence electrons. The number of aromatic hydroxyl groups is 1. The Bertz CT molecular complexity index is 2360. The molecule has 0 aliphatic rings. The van der Waals surface area contributed by atoms with Gasteiger partial charge < -0.3 is 35.4 Å². The first kappa shape index (κ1) is 39.8. The number of hydrogen-bond acceptors (Lipinski definition) is 15. The van der Waals surface area contributed by atoms with Crippen LogP contribution in [-0.4, -0.2) is 100 Å². The molecule has 4 aromatic carbocycles. The highest BCUT2D eigenvalue weighted by Gasteiger charge is 2.27. The zero-order valence-corrected chi connectivity index (χ0v) is 30.0. The van der Waals surface area contributed by atoms with E-state index in [-0.39, 0.29) is 63.0 Å². The Labute approximate surface area is 297 Å². The maximum atomic E-state index is 12.9. The molecule has 19 nitrogen and oxygen atoms in total. The maximum Gasteiger partial charge on any atom is 0.296 e. The average molecular weight is 784 g/mol. The number of sulfonamides is 1. The zero-order valence-electron chi connectivity index (χ0n) is 27.5. The van der Waals surface area contributed by atoms with Crippen LogP contribution in [0.1, 0.15) is 6.92 Å². The first-order valence-corrected chi connectivity index (χ1v) is 19.0. The van der Waals surface area contributed by atoms with E-state index in [1.54, 1.807) is 0 Å². The molecule has 0 bridgehead atoms. The summed E-state index contributed by atoms with van der Waals surface area (Å²) in [6, 6.07) is 10.3. The summed E-state index contributed by atoms with van der Waals surface area (Å²) in [4.78, 5) is 10.2. The van der Waals surface area contributed by atoms with Gasteiger partial charge in [0.2, 0.25) is 15.9 Å². The van der Waals surface area contributed by atoms with Gasteiger partial charge in [0.05, 0.1) is 54.3 Å². The Morgan fingerprint density at radius 1 is 0.788 bits per heavy atom. The summed E-state index contributed by atoms with van der Waals surface area (Å²) in [5.41, 5.74) is -0.703. The predicted molar refractivity (Wildman–Crippen MR) is 186 cm³/mol. The largest absolute Gasteiger partial charge is 0.505 e. The highest BCUT2D eigenvalue weighted by Crippen LogP contribution is 2.47. The summed E-state index contributed by atoms with van der Waals surface area (Å²) in [6.45, 7) is -0.250. The Hall–Kier alpha value is -4.94. The number of carbonyl (C=O) groups excluding carboxylic acids is 1. The van der Waals surface area contributed by atoms with Crippen molar-refractivity contribution in [1.82, 2.24) is 4.31 Å². The Morgan fingerprint density at radius 2 is 1.40 bits per heavy atom. The fraction of sp³-hybridized carbons (Fsp3) is 0.233. The van der Waals surface area contributed by atoms with Crippen molar-refractivity contribution >= 4 is 75.4 Å². The monoisotopic (exact) mass is 783 g/mol. The molecule has 0 aliphatic carbocycles. The maximum absolute atomic E-state index is 12.9. The molecular formula is C30H33N5O14S3. The number of phenolic OH excluding ortho intramolecular Hbond substituents is 1. The fourth-order valence-electron chi connectivity index (χ4n) is 4.94. The highest BCUT2D eigenvalue weighted by molar-refractivity contribution is 7.89. The topological polar surface area (TPSA) is 291 Å². The number of phenols is 1. The standard InChI is InChI=1S/C30H33N5O14S3/c1-17(38)31-24-14-21(51(42,43)44)12-18-13-27(52(45,46)47)29(30(39)28(18)24)32-22-15-26(49-3)23(16-25(22)48-2)34-33-19-4-6-20(7-5-19)50(40,41)35(8-10-36)9-11-37/h4-7,12-16,32,36-37,39H,8-11H2,1-3H3,(H,31,38)(H,42,43,44)(H,45,46,47). The van der Waals surface area contributed by atoms with Gasteiger partial charge in [-0.1, -0.05) is 0 Å². The Morgan fingerprint density at radius 3 is 1.92 bits per heavy atom. The van der Waals surface area contributed by atoms with Crippen LogP contribution in [0.3, 0.4) is 0 Å². The molecule has 0 radical (unpaired) electrons. The minimum atomic E-state index is -5.15. The zero-order chi connectivity index (χ0) is 38.6. The number of rotatable bonds is 15. The van der Waals surface area contributed by atoms with Crippen LogP contribution in [0.15, 0.2) is 79.5 Å². The molecule has 0 aromatic heterocycles. The average Bonchev–Trinajstić information content (AvgIpc) is 3.07. The van der Waals surface area contributed by atoms with Gasteiger partial charge in [-0.2, -0.15) is 26.3 Å². The molecule has 0 heterocycles. The minimum Gasteiger partial charge on any atom is -0.505 e. The molecule has 4 aromatic rings. The second-order valence-electron chi connectivity index (χ2n) is 10.7. The molecule has 0 atom stereocenters. The van der Waals surface area contributed by atoms with E-state index < -0.39 is 70.6 Å². The van der Waals surface area contributed by atoms with Gasteiger partial charge in [0.15, 0.2) is 0 Å². The van der Waals surface area contributed by atoms with Gasteiger partial charge in [0, 0.05) is 37.5 Å². The van der Waals surface area contributed by atoms with Crippen LogP contribution >= 0.6 is 0 Å². The lowest BCUT2D eigenvalue weighted by molar-refractivity contribution is -0.114. The number of hydrogen-bond donors (Lipinski definition) is 7. The number of amides is 1. The first-order valence-electron chi connectivity index (χ1n) is 14.7. The quantitative estimate of drug-likeness (QED) is 0.0518. The lowest BCUT2D eigenvalue weighted by Crippen LogP contribution is -2.35. The van der Waals surface area contributed by atoms with Gasteiger partial charge >= 0.3 is 0 Å². The van der Waals surface area contributed by atoms with Gasteiger partial charge in [-0.15, -0.1) is 5.11 Å². The van der Waals surface area contributed by atoms with E-state index >= 15 is 0 Å². The van der Waals surface area contributed by atoms with E-state index in [9.17, 15) is 54.5 Å².